The average Bonchev–Trinajstić information content (AvgIpc) is 3.32. The zero-order valence-electron chi connectivity index (χ0n) is 43.8. The number of allylic oxidation sites excluding steroid dienone is 6. The third kappa shape index (κ3) is 48.7. The molecule has 0 rings (SSSR count). The molecule has 0 aliphatic heterocycles. The summed E-state index contributed by atoms with van der Waals surface area (Å²) in [5.41, 5.74) is 0. The lowest BCUT2D eigenvalue weighted by Gasteiger charge is -2.21. The van der Waals surface area contributed by atoms with E-state index < -0.39 is 57.8 Å². The van der Waals surface area contributed by atoms with Crippen LogP contribution in [0, 0.1) is 0 Å². The minimum atomic E-state index is -4.74. The van der Waals surface area contributed by atoms with Crippen molar-refractivity contribution >= 4 is 25.7 Å². The first-order chi connectivity index (χ1) is 33.2. The molecular weight excluding hydrogens is 880 g/mol. The molecule has 0 heterocycles. The molecule has 68 heavy (non-hydrogen) atoms. The topological polar surface area (TPSA) is 155 Å². The first-order valence-corrected chi connectivity index (χ1v) is 29.4. The van der Waals surface area contributed by atoms with E-state index in [-0.39, 0.29) is 25.9 Å². The van der Waals surface area contributed by atoms with E-state index in [0.29, 0.717) is 19.3 Å². The van der Waals surface area contributed by atoms with Gasteiger partial charge in [-0.3, -0.25) is 23.4 Å². The third-order valence-electron chi connectivity index (χ3n) is 12.1. The third-order valence-corrected chi connectivity index (χ3v) is 13.0. The highest BCUT2D eigenvalue weighted by Gasteiger charge is 2.28. The molecule has 3 unspecified atom stereocenters. The molecule has 11 nitrogen and oxygen atoms in total. The Morgan fingerprint density at radius 1 is 0.426 bits per heavy atom. The maximum absolute atomic E-state index is 12.9. The van der Waals surface area contributed by atoms with Gasteiger partial charge in [0.1, 0.15) is 12.7 Å². The summed E-state index contributed by atoms with van der Waals surface area (Å²) in [6.07, 6.45) is 51.1. The van der Waals surface area contributed by atoms with Gasteiger partial charge in [0.25, 0.3) is 0 Å². The lowest BCUT2D eigenvalue weighted by atomic mass is 10.0. The second-order valence-corrected chi connectivity index (χ2v) is 20.2. The van der Waals surface area contributed by atoms with E-state index in [9.17, 15) is 28.9 Å². The molecular formula is C56H103O11P. The van der Waals surface area contributed by atoms with Gasteiger partial charge in [-0.15, -0.1) is 0 Å². The predicted octanol–water partition coefficient (Wildman–Crippen LogP) is 16.0. The van der Waals surface area contributed by atoms with Gasteiger partial charge in [-0.1, -0.05) is 231 Å². The Balaban J connectivity index is 4.63. The van der Waals surface area contributed by atoms with E-state index in [1.165, 1.54) is 116 Å². The van der Waals surface area contributed by atoms with E-state index in [0.717, 1.165) is 89.9 Å². The van der Waals surface area contributed by atoms with Gasteiger partial charge in [-0.25, -0.2) is 4.57 Å². The highest BCUT2D eigenvalue weighted by molar-refractivity contribution is 7.47. The fourth-order valence-corrected chi connectivity index (χ4v) is 8.63. The van der Waals surface area contributed by atoms with Gasteiger partial charge in [-0.2, -0.15) is 0 Å². The van der Waals surface area contributed by atoms with Crippen LogP contribution in [0.2, 0.25) is 0 Å². The molecule has 0 bridgehead atoms. The number of phosphoric ester groups is 1. The first kappa shape index (κ1) is 65.7. The van der Waals surface area contributed by atoms with Crippen LogP contribution in [-0.4, -0.2) is 66.5 Å². The number of esters is 3. The van der Waals surface area contributed by atoms with Gasteiger partial charge >= 0.3 is 25.7 Å². The van der Waals surface area contributed by atoms with Crippen LogP contribution < -0.4 is 0 Å². The van der Waals surface area contributed by atoms with Crippen LogP contribution in [0.5, 0.6) is 0 Å². The lowest BCUT2D eigenvalue weighted by molar-refractivity contribution is -0.161. The van der Waals surface area contributed by atoms with Crippen LogP contribution in [0.15, 0.2) is 36.5 Å². The largest absolute Gasteiger partial charge is 0.472 e. The SMILES string of the molecule is CC/C=C\C/C=C\C/C=C\CCCCCCCC(=O)OC(CO)COP(=O)(O)OCC(COC(=O)CCCCCCCCCCC)OC(=O)CCCCCCCCCCCCCCCCCCC. The Kier molecular flexibility index (Phi) is 49.3. The molecule has 0 aromatic carbocycles. The molecule has 0 spiro atoms. The summed E-state index contributed by atoms with van der Waals surface area (Å²) in [5.74, 6) is -1.47. The Labute approximate surface area is 416 Å². The maximum atomic E-state index is 12.9. The van der Waals surface area contributed by atoms with Gasteiger partial charge in [0.2, 0.25) is 0 Å². The molecule has 398 valence electrons. The number of hydrogen-bond acceptors (Lipinski definition) is 10. The van der Waals surface area contributed by atoms with Gasteiger partial charge in [-0.05, 0) is 51.4 Å². The molecule has 0 saturated carbocycles. The van der Waals surface area contributed by atoms with Crippen molar-refractivity contribution in [2.24, 2.45) is 0 Å². The Hall–Kier alpha value is -2.30. The number of ether oxygens (including phenoxy) is 3. The molecule has 0 amide bonds. The van der Waals surface area contributed by atoms with E-state index in [1.807, 2.05) is 0 Å². The van der Waals surface area contributed by atoms with Crippen molar-refractivity contribution < 1.29 is 52.2 Å². The number of carbonyl (C=O) groups excluding carboxylic acids is 3. The Morgan fingerprint density at radius 3 is 1.18 bits per heavy atom. The van der Waals surface area contributed by atoms with Crippen molar-refractivity contribution in [3.8, 4) is 0 Å². The standard InChI is InChI=1S/C56H103O11P/c1-4-7-10-13-16-19-21-23-25-26-28-30-32-35-38-41-44-47-56(60)67-53(49-63-54(58)45-42-39-36-33-18-15-12-9-6-3)51-65-68(61,62)64-50-52(48-57)66-55(59)46-43-40-37-34-31-29-27-24-22-20-17-14-11-8-5-2/h8,11,17,20,24,27,52-53,57H,4-7,9-10,12-16,18-19,21-23,25-26,28-51H2,1-3H3,(H,61,62)/b11-8-,20-17-,27-24-. The van der Waals surface area contributed by atoms with Crippen molar-refractivity contribution in [2.45, 2.75) is 277 Å². The van der Waals surface area contributed by atoms with Gasteiger partial charge < -0.3 is 24.2 Å². The van der Waals surface area contributed by atoms with Crippen LogP contribution in [-0.2, 0) is 42.2 Å². The molecule has 0 saturated heterocycles. The smallest absolute Gasteiger partial charge is 0.462 e. The summed E-state index contributed by atoms with van der Waals surface area (Å²) >= 11 is 0. The minimum Gasteiger partial charge on any atom is -0.462 e. The number of unbranched alkanes of at least 4 members (excludes halogenated alkanes) is 29. The van der Waals surface area contributed by atoms with Crippen LogP contribution in [0.1, 0.15) is 265 Å². The monoisotopic (exact) mass is 983 g/mol. The summed E-state index contributed by atoms with van der Waals surface area (Å²) in [5, 5.41) is 9.79. The lowest BCUT2D eigenvalue weighted by Crippen LogP contribution is -2.30. The second-order valence-electron chi connectivity index (χ2n) is 18.7. The second kappa shape index (κ2) is 51.1. The highest BCUT2D eigenvalue weighted by atomic mass is 31.2. The average molecular weight is 983 g/mol. The number of phosphoric acid groups is 1. The van der Waals surface area contributed by atoms with Crippen molar-refractivity contribution in [3.63, 3.8) is 0 Å². The van der Waals surface area contributed by atoms with Gasteiger partial charge in [0, 0.05) is 19.3 Å². The molecule has 0 radical (unpaired) electrons. The normalized spacial score (nSPS) is 13.7. The number of rotatable bonds is 52. The maximum Gasteiger partial charge on any atom is 0.472 e. The van der Waals surface area contributed by atoms with Crippen LogP contribution >= 0.6 is 7.82 Å². The van der Waals surface area contributed by atoms with Crippen molar-refractivity contribution in [1.82, 2.24) is 0 Å². The number of carbonyl (C=O) groups is 3. The Morgan fingerprint density at radius 2 is 0.765 bits per heavy atom. The summed E-state index contributed by atoms with van der Waals surface area (Å²) in [6, 6.07) is 0. The van der Waals surface area contributed by atoms with Gasteiger partial charge in [0.15, 0.2) is 6.10 Å². The summed E-state index contributed by atoms with van der Waals surface area (Å²) in [6.45, 7) is 4.52. The highest BCUT2D eigenvalue weighted by Crippen LogP contribution is 2.43. The zero-order valence-corrected chi connectivity index (χ0v) is 44.7. The van der Waals surface area contributed by atoms with E-state index >= 15 is 0 Å². The molecule has 3 atom stereocenters. The van der Waals surface area contributed by atoms with E-state index in [1.54, 1.807) is 0 Å². The van der Waals surface area contributed by atoms with Crippen LogP contribution in [0.4, 0.5) is 0 Å². The summed E-state index contributed by atoms with van der Waals surface area (Å²) < 4.78 is 39.4. The quantitative estimate of drug-likeness (QED) is 0.0197. The number of hydrogen-bond donors (Lipinski definition) is 2. The molecule has 2 N–H and O–H groups in total. The molecule has 12 heteroatoms. The van der Waals surface area contributed by atoms with Gasteiger partial charge in [0.05, 0.1) is 19.8 Å². The molecule has 0 aromatic heterocycles. The fourth-order valence-electron chi connectivity index (χ4n) is 7.84. The fraction of sp³-hybridized carbons (Fsp3) is 0.839. The molecule has 0 aliphatic carbocycles. The molecule has 0 aliphatic rings. The van der Waals surface area contributed by atoms with Crippen molar-refractivity contribution in [2.75, 3.05) is 26.4 Å². The summed E-state index contributed by atoms with van der Waals surface area (Å²) in [4.78, 5) is 48.3. The van der Waals surface area contributed by atoms with E-state index in [2.05, 4.69) is 57.2 Å². The van der Waals surface area contributed by atoms with Crippen LogP contribution in [0.3, 0.4) is 0 Å². The predicted molar refractivity (Wildman–Crippen MR) is 279 cm³/mol. The molecule has 0 fully saturated rings. The Bertz CT molecular complexity index is 1280. The van der Waals surface area contributed by atoms with Crippen molar-refractivity contribution in [1.29, 1.82) is 0 Å². The van der Waals surface area contributed by atoms with Crippen molar-refractivity contribution in [3.05, 3.63) is 36.5 Å². The minimum absolute atomic E-state index is 0.161. The zero-order chi connectivity index (χ0) is 49.9. The molecule has 0 aromatic rings. The van der Waals surface area contributed by atoms with Crippen LogP contribution in [0.25, 0.3) is 0 Å². The first-order valence-electron chi connectivity index (χ1n) is 27.9. The number of aliphatic hydroxyl groups is 1. The number of aliphatic hydroxyl groups excluding tert-OH is 1. The van der Waals surface area contributed by atoms with E-state index in [4.69, 9.17) is 23.3 Å². The summed E-state index contributed by atoms with van der Waals surface area (Å²) in [7, 11) is -4.74.